The number of hydrogen-bond donors (Lipinski definition) is 1. The van der Waals surface area contributed by atoms with Gasteiger partial charge in [-0.3, -0.25) is 0 Å². The van der Waals surface area contributed by atoms with E-state index in [1.165, 1.54) is 36.0 Å². The minimum Gasteiger partial charge on any atom is -0.320 e. The summed E-state index contributed by atoms with van der Waals surface area (Å²) < 4.78 is 0. The van der Waals surface area contributed by atoms with Crippen LogP contribution in [0.1, 0.15) is 47.9 Å². The summed E-state index contributed by atoms with van der Waals surface area (Å²) in [6.07, 6.45) is 4.09. The molecule has 0 saturated heterocycles. The van der Waals surface area contributed by atoms with Gasteiger partial charge in [0, 0.05) is 0 Å². The van der Waals surface area contributed by atoms with Crippen molar-refractivity contribution in [2.75, 3.05) is 0 Å². The first-order valence-electron chi connectivity index (χ1n) is 6.75. The van der Waals surface area contributed by atoms with Crippen molar-refractivity contribution in [2.45, 2.75) is 31.2 Å². The van der Waals surface area contributed by atoms with E-state index in [9.17, 15) is 0 Å². The van der Waals surface area contributed by atoms with Crippen LogP contribution in [0.15, 0.2) is 54.6 Å². The average Bonchev–Trinajstić information content (AvgIpc) is 2.38. The van der Waals surface area contributed by atoms with Crippen LogP contribution in [-0.2, 0) is 0 Å². The smallest absolute Gasteiger partial charge is 0.0551 e. The molecule has 0 aliphatic heterocycles. The Morgan fingerprint density at radius 1 is 0.833 bits per heavy atom. The summed E-state index contributed by atoms with van der Waals surface area (Å²) >= 11 is 0. The van der Waals surface area contributed by atoms with Gasteiger partial charge < -0.3 is 5.73 Å². The van der Waals surface area contributed by atoms with Crippen LogP contribution in [0.25, 0.3) is 0 Å². The number of benzene rings is 2. The van der Waals surface area contributed by atoms with Crippen LogP contribution < -0.4 is 5.73 Å². The van der Waals surface area contributed by atoms with Crippen molar-refractivity contribution in [3.8, 4) is 0 Å². The van der Waals surface area contributed by atoms with E-state index in [0.717, 1.165) is 5.92 Å². The van der Waals surface area contributed by atoms with Crippen LogP contribution in [-0.4, -0.2) is 0 Å². The van der Waals surface area contributed by atoms with Gasteiger partial charge in [-0.15, -0.1) is 0 Å². The molecule has 1 fully saturated rings. The topological polar surface area (TPSA) is 26.0 Å². The van der Waals surface area contributed by atoms with Gasteiger partial charge in [0.05, 0.1) is 6.04 Å². The molecule has 0 bridgehead atoms. The Morgan fingerprint density at radius 2 is 1.44 bits per heavy atom. The van der Waals surface area contributed by atoms with E-state index in [-0.39, 0.29) is 6.04 Å². The second kappa shape index (κ2) is 4.95. The van der Waals surface area contributed by atoms with Gasteiger partial charge in [-0.2, -0.15) is 0 Å². The van der Waals surface area contributed by atoms with E-state index in [0.29, 0.717) is 0 Å². The molecule has 0 radical (unpaired) electrons. The van der Waals surface area contributed by atoms with Crippen molar-refractivity contribution in [3.05, 3.63) is 71.3 Å². The molecule has 0 amide bonds. The maximum Gasteiger partial charge on any atom is 0.0551 e. The summed E-state index contributed by atoms with van der Waals surface area (Å²) in [6.45, 7) is 0. The summed E-state index contributed by atoms with van der Waals surface area (Å²) in [5.41, 5.74) is 10.1. The molecule has 18 heavy (non-hydrogen) atoms. The normalized spacial score (nSPS) is 17.2. The number of hydrogen-bond acceptors (Lipinski definition) is 1. The molecule has 2 aromatic carbocycles. The van der Waals surface area contributed by atoms with E-state index in [4.69, 9.17) is 5.73 Å². The Labute approximate surface area is 109 Å². The first-order chi connectivity index (χ1) is 8.84. The van der Waals surface area contributed by atoms with Crippen molar-refractivity contribution < 1.29 is 0 Å². The fourth-order valence-corrected chi connectivity index (χ4v) is 2.57. The summed E-state index contributed by atoms with van der Waals surface area (Å²) in [6, 6.07) is 19.1. The third kappa shape index (κ3) is 2.19. The summed E-state index contributed by atoms with van der Waals surface area (Å²) in [4.78, 5) is 0. The lowest BCUT2D eigenvalue weighted by Crippen LogP contribution is -2.12. The van der Waals surface area contributed by atoms with Crippen molar-refractivity contribution in [3.63, 3.8) is 0 Å². The Balaban J connectivity index is 1.80. The van der Waals surface area contributed by atoms with E-state index in [1.807, 2.05) is 18.2 Å². The maximum atomic E-state index is 6.29. The lowest BCUT2D eigenvalue weighted by molar-refractivity contribution is 0.419. The van der Waals surface area contributed by atoms with Crippen LogP contribution in [0, 0.1) is 0 Å². The molecule has 0 aromatic heterocycles. The third-order valence-electron chi connectivity index (χ3n) is 4.03. The van der Waals surface area contributed by atoms with Crippen LogP contribution in [0.3, 0.4) is 0 Å². The third-order valence-corrected chi connectivity index (χ3v) is 4.03. The molecule has 0 heterocycles. The van der Waals surface area contributed by atoms with Gasteiger partial charge in [-0.25, -0.2) is 0 Å². The molecule has 1 aliphatic rings. The Bertz CT molecular complexity index is 497. The zero-order valence-corrected chi connectivity index (χ0v) is 10.5. The summed E-state index contributed by atoms with van der Waals surface area (Å²) in [5.74, 6) is 0.798. The van der Waals surface area contributed by atoms with Gasteiger partial charge in [0.25, 0.3) is 0 Å². The highest BCUT2D eigenvalue weighted by Gasteiger charge is 2.19. The lowest BCUT2D eigenvalue weighted by atomic mass is 9.79. The second-order valence-corrected chi connectivity index (χ2v) is 5.18. The Kier molecular flexibility index (Phi) is 3.16. The van der Waals surface area contributed by atoms with Gasteiger partial charge in [0.2, 0.25) is 0 Å². The monoisotopic (exact) mass is 237 g/mol. The van der Waals surface area contributed by atoms with E-state index >= 15 is 0 Å². The van der Waals surface area contributed by atoms with Gasteiger partial charge in [0.15, 0.2) is 0 Å². The van der Waals surface area contributed by atoms with Crippen LogP contribution in [0.5, 0.6) is 0 Å². The standard InChI is InChI=1S/C17H19N/c18-17(15-5-2-1-3-6-15)16-11-9-14(10-12-16)13-7-4-8-13/h1-3,5-6,9-13,17H,4,7-8,18H2. The lowest BCUT2D eigenvalue weighted by Gasteiger charge is -2.26. The minimum absolute atomic E-state index is 0.0124. The quantitative estimate of drug-likeness (QED) is 0.857. The van der Waals surface area contributed by atoms with Crippen LogP contribution in [0.4, 0.5) is 0 Å². The molecule has 0 spiro atoms. The molecule has 2 N–H and O–H groups in total. The van der Waals surface area contributed by atoms with Crippen molar-refractivity contribution in [2.24, 2.45) is 5.73 Å². The molecule has 2 aromatic rings. The van der Waals surface area contributed by atoms with Crippen LogP contribution >= 0.6 is 0 Å². The molecule has 1 aliphatic carbocycles. The minimum atomic E-state index is -0.0124. The fraction of sp³-hybridized carbons (Fsp3) is 0.294. The van der Waals surface area contributed by atoms with Gasteiger partial charge in [-0.05, 0) is 35.4 Å². The zero-order chi connectivity index (χ0) is 12.4. The molecular weight excluding hydrogens is 218 g/mol. The predicted octanol–water partition coefficient (Wildman–Crippen LogP) is 4.00. The second-order valence-electron chi connectivity index (χ2n) is 5.18. The molecule has 1 nitrogen and oxygen atoms in total. The van der Waals surface area contributed by atoms with Gasteiger partial charge in [-0.1, -0.05) is 61.0 Å². The van der Waals surface area contributed by atoms with E-state index < -0.39 is 0 Å². The molecular formula is C17H19N. The Morgan fingerprint density at radius 3 is 2.00 bits per heavy atom. The van der Waals surface area contributed by atoms with E-state index in [2.05, 4.69) is 36.4 Å². The first kappa shape index (κ1) is 11.5. The summed E-state index contributed by atoms with van der Waals surface area (Å²) in [5, 5.41) is 0. The first-order valence-corrected chi connectivity index (χ1v) is 6.75. The molecule has 1 atom stereocenters. The average molecular weight is 237 g/mol. The van der Waals surface area contributed by atoms with Crippen molar-refractivity contribution >= 4 is 0 Å². The van der Waals surface area contributed by atoms with Gasteiger partial charge in [0.1, 0.15) is 0 Å². The zero-order valence-electron chi connectivity index (χ0n) is 10.5. The van der Waals surface area contributed by atoms with Crippen molar-refractivity contribution in [1.29, 1.82) is 0 Å². The SMILES string of the molecule is NC(c1ccccc1)c1ccc(C2CCC2)cc1. The van der Waals surface area contributed by atoms with E-state index in [1.54, 1.807) is 0 Å². The molecule has 1 unspecified atom stereocenters. The highest BCUT2D eigenvalue weighted by molar-refractivity contribution is 5.34. The van der Waals surface area contributed by atoms with Crippen LogP contribution in [0.2, 0.25) is 0 Å². The fourth-order valence-electron chi connectivity index (χ4n) is 2.57. The maximum absolute atomic E-state index is 6.29. The largest absolute Gasteiger partial charge is 0.320 e. The predicted molar refractivity (Wildman–Crippen MR) is 75.5 cm³/mol. The summed E-state index contributed by atoms with van der Waals surface area (Å²) in [7, 11) is 0. The highest BCUT2D eigenvalue weighted by atomic mass is 14.6. The molecule has 1 heteroatoms. The number of nitrogens with two attached hydrogens (primary N) is 1. The highest BCUT2D eigenvalue weighted by Crippen LogP contribution is 2.36. The van der Waals surface area contributed by atoms with Crippen molar-refractivity contribution in [1.82, 2.24) is 0 Å². The molecule has 1 saturated carbocycles. The molecule has 3 rings (SSSR count). The number of rotatable bonds is 3. The molecule has 92 valence electrons. The Hall–Kier alpha value is -1.60. The van der Waals surface area contributed by atoms with Gasteiger partial charge >= 0.3 is 0 Å².